The highest BCUT2D eigenvalue weighted by atomic mass is 14.9. The van der Waals surface area contributed by atoms with Crippen molar-refractivity contribution in [1.29, 1.82) is 0 Å². The molecule has 1 nitrogen and oxygen atoms in total. The van der Waals surface area contributed by atoms with Crippen molar-refractivity contribution >= 4 is 12.2 Å². The van der Waals surface area contributed by atoms with Crippen molar-refractivity contribution in [3.63, 3.8) is 0 Å². The van der Waals surface area contributed by atoms with E-state index >= 15 is 0 Å². The second-order valence-corrected chi connectivity index (χ2v) is 3.88. The lowest BCUT2D eigenvalue weighted by atomic mass is 10.0. The van der Waals surface area contributed by atoms with Crippen molar-refractivity contribution < 1.29 is 0 Å². The highest BCUT2D eigenvalue weighted by Gasteiger charge is 2.12. The van der Waals surface area contributed by atoms with Crippen molar-refractivity contribution in [1.82, 2.24) is 4.57 Å². The van der Waals surface area contributed by atoms with Crippen molar-refractivity contribution in [2.75, 3.05) is 0 Å². The Morgan fingerprint density at radius 3 is 1.93 bits per heavy atom. The standard InChI is InChI=1S/C13H13N/c1-14-12-8-4-2-6-10(12)11-7-3-5-9-13(11)14/h2-5,8-9H,6-7H2,1H3. The first-order valence-electron chi connectivity index (χ1n) is 5.08. The maximum absolute atomic E-state index is 2.30. The number of nitrogens with zero attached hydrogens (tertiary/aromatic N) is 1. The van der Waals surface area contributed by atoms with Crippen LogP contribution in [-0.2, 0) is 19.9 Å². The molecule has 0 saturated heterocycles. The zero-order valence-corrected chi connectivity index (χ0v) is 8.33. The third-order valence-electron chi connectivity index (χ3n) is 3.13. The van der Waals surface area contributed by atoms with Gasteiger partial charge in [-0.2, -0.15) is 0 Å². The fourth-order valence-electron chi connectivity index (χ4n) is 2.41. The van der Waals surface area contributed by atoms with E-state index in [2.05, 4.69) is 48.1 Å². The van der Waals surface area contributed by atoms with Crippen LogP contribution in [-0.4, -0.2) is 4.57 Å². The molecule has 0 aliphatic heterocycles. The molecule has 0 N–H and O–H groups in total. The molecule has 14 heavy (non-hydrogen) atoms. The van der Waals surface area contributed by atoms with E-state index in [4.69, 9.17) is 0 Å². The van der Waals surface area contributed by atoms with Gasteiger partial charge in [0.25, 0.3) is 0 Å². The van der Waals surface area contributed by atoms with E-state index in [-0.39, 0.29) is 0 Å². The molecule has 1 heteroatoms. The van der Waals surface area contributed by atoms with Gasteiger partial charge < -0.3 is 4.57 Å². The minimum Gasteiger partial charge on any atom is -0.344 e. The number of rotatable bonds is 0. The number of fused-ring (bicyclic) bond motifs is 3. The molecular weight excluding hydrogens is 170 g/mol. The summed E-state index contributed by atoms with van der Waals surface area (Å²) < 4.78 is 2.30. The minimum atomic E-state index is 1.09. The lowest BCUT2D eigenvalue weighted by Gasteiger charge is -2.02. The molecule has 1 heterocycles. The summed E-state index contributed by atoms with van der Waals surface area (Å²) in [5, 5.41) is 2.77. The summed E-state index contributed by atoms with van der Waals surface area (Å²) in [7, 11) is 2.16. The van der Waals surface area contributed by atoms with E-state index in [1.165, 1.54) is 21.8 Å². The smallest absolute Gasteiger partial charge is 0.0447 e. The molecule has 0 saturated carbocycles. The summed E-state index contributed by atoms with van der Waals surface area (Å²) in [6.45, 7) is 0. The Kier molecular flexibility index (Phi) is 1.54. The van der Waals surface area contributed by atoms with Gasteiger partial charge in [0.1, 0.15) is 0 Å². The molecule has 3 rings (SSSR count). The highest BCUT2D eigenvalue weighted by Crippen LogP contribution is 2.09. The van der Waals surface area contributed by atoms with Crippen LogP contribution >= 0.6 is 0 Å². The summed E-state index contributed by atoms with van der Waals surface area (Å²) in [5.41, 5.74) is 3.04. The minimum absolute atomic E-state index is 1.09. The van der Waals surface area contributed by atoms with Gasteiger partial charge in [0.05, 0.1) is 0 Å². The molecule has 0 spiro atoms. The molecule has 0 fully saturated rings. The fourth-order valence-corrected chi connectivity index (χ4v) is 2.41. The van der Waals surface area contributed by atoms with Crippen molar-refractivity contribution in [2.45, 2.75) is 12.8 Å². The molecule has 2 aliphatic carbocycles. The van der Waals surface area contributed by atoms with Crippen molar-refractivity contribution in [3.05, 3.63) is 46.1 Å². The topological polar surface area (TPSA) is 4.93 Å². The van der Waals surface area contributed by atoms with E-state index in [0.717, 1.165) is 12.8 Å². The second kappa shape index (κ2) is 2.74. The average molecular weight is 183 g/mol. The van der Waals surface area contributed by atoms with E-state index in [9.17, 15) is 0 Å². The van der Waals surface area contributed by atoms with Gasteiger partial charge in [-0.3, -0.25) is 0 Å². The summed E-state index contributed by atoms with van der Waals surface area (Å²) in [5.74, 6) is 0. The van der Waals surface area contributed by atoms with Gasteiger partial charge in [-0.05, 0) is 36.1 Å². The van der Waals surface area contributed by atoms with Crippen LogP contribution in [0.1, 0.15) is 11.1 Å². The highest BCUT2D eigenvalue weighted by molar-refractivity contribution is 5.51. The SMILES string of the molecule is Cn1c2c(c3c1=CC=CC3)CC=CC=2. The number of hydrogen-bond acceptors (Lipinski definition) is 0. The molecule has 2 aliphatic rings. The van der Waals surface area contributed by atoms with Gasteiger partial charge in [0.15, 0.2) is 0 Å². The lowest BCUT2D eigenvalue weighted by Crippen LogP contribution is -2.25. The first-order valence-corrected chi connectivity index (χ1v) is 5.08. The number of aromatic nitrogens is 1. The largest absolute Gasteiger partial charge is 0.344 e. The van der Waals surface area contributed by atoms with Crippen molar-refractivity contribution in [3.8, 4) is 0 Å². The Morgan fingerprint density at radius 2 is 1.43 bits per heavy atom. The van der Waals surface area contributed by atoms with Crippen LogP contribution < -0.4 is 10.7 Å². The van der Waals surface area contributed by atoms with Gasteiger partial charge in [0, 0.05) is 17.7 Å². The van der Waals surface area contributed by atoms with E-state index in [0.29, 0.717) is 0 Å². The first-order chi connectivity index (χ1) is 6.88. The maximum atomic E-state index is 2.30. The molecule has 0 unspecified atom stereocenters. The molecule has 1 aromatic rings. The lowest BCUT2D eigenvalue weighted by molar-refractivity contribution is 0.848. The predicted octanol–water partition coefficient (Wildman–Crippen LogP) is 0.811. The Labute approximate surface area is 83.4 Å². The van der Waals surface area contributed by atoms with Crippen LogP contribution in [0.25, 0.3) is 12.2 Å². The van der Waals surface area contributed by atoms with Gasteiger partial charge in [0.2, 0.25) is 0 Å². The van der Waals surface area contributed by atoms with Crippen LogP contribution in [0, 0.1) is 0 Å². The molecule has 0 radical (unpaired) electrons. The Balaban J connectivity index is 2.46. The molecule has 0 atom stereocenters. The van der Waals surface area contributed by atoms with Gasteiger partial charge in [-0.15, -0.1) is 0 Å². The normalized spacial score (nSPS) is 16.9. The Bertz CT molecular complexity index is 504. The van der Waals surface area contributed by atoms with Crippen LogP contribution in [0.3, 0.4) is 0 Å². The molecule has 1 aromatic heterocycles. The van der Waals surface area contributed by atoms with Gasteiger partial charge in [-0.1, -0.05) is 24.3 Å². The number of hydrogen-bond donors (Lipinski definition) is 0. The third-order valence-corrected chi connectivity index (χ3v) is 3.13. The van der Waals surface area contributed by atoms with Crippen LogP contribution in [0.4, 0.5) is 0 Å². The fraction of sp³-hybridized carbons (Fsp3) is 0.231. The van der Waals surface area contributed by atoms with E-state index in [1.807, 2.05) is 0 Å². The van der Waals surface area contributed by atoms with E-state index < -0.39 is 0 Å². The molecule has 70 valence electrons. The second-order valence-electron chi connectivity index (χ2n) is 3.88. The summed E-state index contributed by atoms with van der Waals surface area (Å²) in [4.78, 5) is 0. The third kappa shape index (κ3) is 0.897. The molecule has 0 amide bonds. The Morgan fingerprint density at radius 1 is 0.929 bits per heavy atom. The average Bonchev–Trinajstić information content (AvgIpc) is 2.55. The zero-order valence-electron chi connectivity index (χ0n) is 8.33. The summed E-state index contributed by atoms with van der Waals surface area (Å²) in [6.07, 6.45) is 15.4. The number of allylic oxidation sites excluding steroid dienone is 4. The predicted molar refractivity (Wildman–Crippen MR) is 59.3 cm³/mol. The quantitative estimate of drug-likeness (QED) is 0.561. The summed E-state index contributed by atoms with van der Waals surface area (Å²) in [6, 6.07) is 0. The first kappa shape index (κ1) is 7.86. The Hall–Kier alpha value is -1.50. The molecule has 0 bridgehead atoms. The van der Waals surface area contributed by atoms with Gasteiger partial charge >= 0.3 is 0 Å². The zero-order chi connectivity index (χ0) is 9.54. The maximum Gasteiger partial charge on any atom is 0.0447 e. The van der Waals surface area contributed by atoms with E-state index in [1.54, 1.807) is 0 Å². The van der Waals surface area contributed by atoms with Crippen LogP contribution in [0.5, 0.6) is 0 Å². The molecule has 0 aromatic carbocycles. The van der Waals surface area contributed by atoms with Crippen LogP contribution in [0.15, 0.2) is 24.3 Å². The van der Waals surface area contributed by atoms with Crippen molar-refractivity contribution in [2.24, 2.45) is 7.05 Å². The monoisotopic (exact) mass is 183 g/mol. The van der Waals surface area contributed by atoms with Gasteiger partial charge in [-0.25, -0.2) is 0 Å². The molecular formula is C13H13N. The van der Waals surface area contributed by atoms with Crippen LogP contribution in [0.2, 0.25) is 0 Å². The summed E-state index contributed by atoms with van der Waals surface area (Å²) >= 11 is 0.